The number of imidazole rings is 1. The van der Waals surface area contributed by atoms with Gasteiger partial charge >= 0.3 is 0 Å². The molecule has 0 bridgehead atoms. The minimum Gasteiger partial charge on any atom is -0.338 e. The number of rotatable bonds is 1. The van der Waals surface area contributed by atoms with Crippen LogP contribution in [0.1, 0.15) is 0 Å². The Morgan fingerprint density at radius 2 is 1.94 bits per heavy atom. The van der Waals surface area contributed by atoms with Gasteiger partial charge in [0.15, 0.2) is 5.82 Å². The number of H-pyrrole nitrogens is 1. The SMILES string of the molecule is Fc1cccc2[nH]c(-c3ccc(Cl)cc3Cl)nc12. The zero-order chi connectivity index (χ0) is 12.7. The minimum absolute atomic E-state index is 0.304. The van der Waals surface area contributed by atoms with Crippen molar-refractivity contribution in [1.29, 1.82) is 0 Å². The second kappa shape index (κ2) is 4.26. The first-order valence-corrected chi connectivity index (χ1v) is 6.00. The van der Waals surface area contributed by atoms with E-state index in [0.717, 1.165) is 0 Å². The molecule has 0 aliphatic carbocycles. The highest BCUT2D eigenvalue weighted by atomic mass is 35.5. The summed E-state index contributed by atoms with van der Waals surface area (Å²) in [7, 11) is 0. The minimum atomic E-state index is -0.361. The van der Waals surface area contributed by atoms with Gasteiger partial charge in [0.2, 0.25) is 0 Å². The van der Waals surface area contributed by atoms with E-state index in [4.69, 9.17) is 23.2 Å². The zero-order valence-electron chi connectivity index (χ0n) is 9.05. The van der Waals surface area contributed by atoms with E-state index in [2.05, 4.69) is 9.97 Å². The number of hydrogen-bond acceptors (Lipinski definition) is 1. The third-order valence-corrected chi connectivity index (χ3v) is 3.20. The van der Waals surface area contributed by atoms with Gasteiger partial charge in [-0.2, -0.15) is 0 Å². The third kappa shape index (κ3) is 1.85. The van der Waals surface area contributed by atoms with E-state index in [1.165, 1.54) is 6.07 Å². The number of halogens is 3. The number of fused-ring (bicyclic) bond motifs is 1. The van der Waals surface area contributed by atoms with Gasteiger partial charge < -0.3 is 4.98 Å². The Bertz CT molecular complexity index is 737. The van der Waals surface area contributed by atoms with Crippen molar-refractivity contribution >= 4 is 34.2 Å². The van der Waals surface area contributed by atoms with E-state index < -0.39 is 0 Å². The van der Waals surface area contributed by atoms with E-state index in [-0.39, 0.29) is 5.82 Å². The fraction of sp³-hybridized carbons (Fsp3) is 0. The van der Waals surface area contributed by atoms with Crippen LogP contribution in [0.5, 0.6) is 0 Å². The summed E-state index contributed by atoms with van der Waals surface area (Å²) in [5.41, 5.74) is 1.63. The molecule has 18 heavy (non-hydrogen) atoms. The van der Waals surface area contributed by atoms with Gasteiger partial charge in [0.25, 0.3) is 0 Å². The summed E-state index contributed by atoms with van der Waals surface area (Å²) in [4.78, 5) is 7.25. The lowest BCUT2D eigenvalue weighted by Crippen LogP contribution is -1.82. The largest absolute Gasteiger partial charge is 0.338 e. The molecule has 90 valence electrons. The highest BCUT2D eigenvalue weighted by Gasteiger charge is 2.11. The summed E-state index contributed by atoms with van der Waals surface area (Å²) in [5.74, 6) is 0.164. The summed E-state index contributed by atoms with van der Waals surface area (Å²) in [6.07, 6.45) is 0. The quantitative estimate of drug-likeness (QED) is 0.689. The zero-order valence-corrected chi connectivity index (χ0v) is 10.6. The third-order valence-electron chi connectivity index (χ3n) is 2.65. The topological polar surface area (TPSA) is 28.7 Å². The van der Waals surface area contributed by atoms with Crippen LogP contribution in [0.2, 0.25) is 10.0 Å². The predicted octanol–water partition coefficient (Wildman–Crippen LogP) is 4.68. The summed E-state index contributed by atoms with van der Waals surface area (Å²) in [5, 5.41) is 1.02. The maximum Gasteiger partial charge on any atom is 0.151 e. The second-order valence-electron chi connectivity index (χ2n) is 3.85. The van der Waals surface area contributed by atoms with Crippen molar-refractivity contribution in [1.82, 2.24) is 9.97 Å². The summed E-state index contributed by atoms with van der Waals surface area (Å²) < 4.78 is 13.5. The Hall–Kier alpha value is -1.58. The van der Waals surface area contributed by atoms with Crippen LogP contribution in [-0.2, 0) is 0 Å². The molecule has 0 aliphatic rings. The number of hydrogen-bond donors (Lipinski definition) is 1. The van der Waals surface area contributed by atoms with Gasteiger partial charge in [-0.1, -0.05) is 29.3 Å². The summed E-state index contributed by atoms with van der Waals surface area (Å²) in [6.45, 7) is 0. The van der Waals surface area contributed by atoms with Crippen LogP contribution in [0.4, 0.5) is 4.39 Å². The molecule has 0 aliphatic heterocycles. The molecule has 0 unspecified atom stereocenters. The molecule has 0 fully saturated rings. The molecule has 0 atom stereocenters. The molecular formula is C13H7Cl2FN2. The standard InChI is InChI=1S/C13H7Cl2FN2/c14-7-4-5-8(9(15)6-7)13-17-11-3-1-2-10(16)12(11)18-13/h1-6H,(H,17,18). The van der Waals surface area contributed by atoms with Crippen molar-refractivity contribution < 1.29 is 4.39 Å². The number of benzene rings is 2. The Morgan fingerprint density at radius 3 is 2.67 bits per heavy atom. The lowest BCUT2D eigenvalue weighted by atomic mass is 10.2. The number of aromatic amines is 1. The number of aromatic nitrogens is 2. The molecule has 5 heteroatoms. The van der Waals surface area contributed by atoms with Gasteiger partial charge in [0.1, 0.15) is 11.3 Å². The van der Waals surface area contributed by atoms with Crippen molar-refractivity contribution in [2.24, 2.45) is 0 Å². The van der Waals surface area contributed by atoms with E-state index in [1.54, 1.807) is 30.3 Å². The van der Waals surface area contributed by atoms with Crippen LogP contribution < -0.4 is 0 Å². The number of nitrogens with zero attached hydrogens (tertiary/aromatic N) is 1. The van der Waals surface area contributed by atoms with Crippen molar-refractivity contribution in [3.05, 3.63) is 52.3 Å². The highest BCUT2D eigenvalue weighted by Crippen LogP contribution is 2.30. The molecule has 1 N–H and O–H groups in total. The fourth-order valence-corrected chi connectivity index (χ4v) is 2.30. The van der Waals surface area contributed by atoms with Gasteiger partial charge in [-0.25, -0.2) is 9.37 Å². The number of nitrogens with one attached hydrogen (secondary N) is 1. The van der Waals surface area contributed by atoms with Crippen molar-refractivity contribution in [3.8, 4) is 11.4 Å². The molecule has 0 spiro atoms. The monoisotopic (exact) mass is 280 g/mol. The number of para-hydroxylation sites is 1. The van der Waals surface area contributed by atoms with Crippen LogP contribution in [-0.4, -0.2) is 9.97 Å². The van der Waals surface area contributed by atoms with E-state index in [1.807, 2.05) is 0 Å². The molecule has 0 radical (unpaired) electrons. The van der Waals surface area contributed by atoms with E-state index in [0.29, 0.717) is 32.5 Å². The van der Waals surface area contributed by atoms with Crippen LogP contribution >= 0.6 is 23.2 Å². The molecule has 1 aromatic heterocycles. The second-order valence-corrected chi connectivity index (χ2v) is 4.69. The Balaban J connectivity index is 2.23. The Labute approximate surface area is 112 Å². The first-order chi connectivity index (χ1) is 8.65. The Kier molecular flexibility index (Phi) is 2.73. The molecule has 3 rings (SSSR count). The lowest BCUT2D eigenvalue weighted by molar-refractivity contribution is 0.637. The van der Waals surface area contributed by atoms with Crippen molar-refractivity contribution in [2.75, 3.05) is 0 Å². The molecule has 0 saturated carbocycles. The molecule has 3 aromatic rings. The highest BCUT2D eigenvalue weighted by molar-refractivity contribution is 6.36. The fourth-order valence-electron chi connectivity index (χ4n) is 1.81. The lowest BCUT2D eigenvalue weighted by Gasteiger charge is -2.00. The smallest absolute Gasteiger partial charge is 0.151 e. The maximum absolute atomic E-state index is 13.5. The molecule has 1 heterocycles. The first kappa shape index (κ1) is 11.5. The van der Waals surface area contributed by atoms with Crippen LogP contribution in [0.25, 0.3) is 22.4 Å². The van der Waals surface area contributed by atoms with Crippen molar-refractivity contribution in [2.45, 2.75) is 0 Å². The maximum atomic E-state index is 13.5. The van der Waals surface area contributed by atoms with Gasteiger partial charge in [-0.15, -0.1) is 0 Å². The van der Waals surface area contributed by atoms with Crippen molar-refractivity contribution in [3.63, 3.8) is 0 Å². The molecule has 0 saturated heterocycles. The first-order valence-electron chi connectivity index (χ1n) is 5.25. The van der Waals surface area contributed by atoms with E-state index in [9.17, 15) is 4.39 Å². The van der Waals surface area contributed by atoms with Crippen LogP contribution in [0.3, 0.4) is 0 Å². The summed E-state index contributed by atoms with van der Waals surface area (Å²) in [6, 6.07) is 9.85. The van der Waals surface area contributed by atoms with Gasteiger partial charge in [0.05, 0.1) is 10.5 Å². The average Bonchev–Trinajstić information content (AvgIpc) is 2.74. The molecule has 2 nitrogen and oxygen atoms in total. The van der Waals surface area contributed by atoms with E-state index >= 15 is 0 Å². The van der Waals surface area contributed by atoms with Crippen LogP contribution in [0.15, 0.2) is 36.4 Å². The Morgan fingerprint density at radius 1 is 1.11 bits per heavy atom. The van der Waals surface area contributed by atoms with Gasteiger partial charge in [-0.3, -0.25) is 0 Å². The molecule has 2 aromatic carbocycles. The summed E-state index contributed by atoms with van der Waals surface area (Å²) >= 11 is 11.9. The normalized spacial score (nSPS) is 11.1. The van der Waals surface area contributed by atoms with Gasteiger partial charge in [0, 0.05) is 10.6 Å². The molecular weight excluding hydrogens is 274 g/mol. The van der Waals surface area contributed by atoms with Gasteiger partial charge in [-0.05, 0) is 30.3 Å². The predicted molar refractivity (Wildman–Crippen MR) is 71.5 cm³/mol. The average molecular weight is 281 g/mol. The van der Waals surface area contributed by atoms with Crippen LogP contribution in [0, 0.1) is 5.82 Å². The molecule has 0 amide bonds.